The molecule has 128 valence electrons. The number of aryl methyl sites for hydroxylation is 1. The number of halogens is 1. The average Bonchev–Trinajstić information content (AvgIpc) is 3.22. The summed E-state index contributed by atoms with van der Waals surface area (Å²) in [6.07, 6.45) is 0. The number of methoxy groups -OCH3 is 1. The maximum Gasteiger partial charge on any atom is 0.348 e. The van der Waals surface area contributed by atoms with Crippen molar-refractivity contribution in [1.82, 2.24) is 14.8 Å². The summed E-state index contributed by atoms with van der Waals surface area (Å²) in [5, 5.41) is 7.25. The fraction of sp³-hybridized carbons (Fsp3) is 0.125. The van der Waals surface area contributed by atoms with Gasteiger partial charge in [0, 0.05) is 0 Å². The third-order valence-electron chi connectivity index (χ3n) is 3.27. The number of nitrogens with zero attached hydrogens (tertiary/aromatic N) is 3. The highest BCUT2D eigenvalue weighted by Gasteiger charge is 2.17. The minimum atomic E-state index is -0.512. The van der Waals surface area contributed by atoms with Crippen molar-refractivity contribution in [3.8, 4) is 5.69 Å². The number of esters is 1. The van der Waals surface area contributed by atoms with Gasteiger partial charge < -0.3 is 10.1 Å². The number of hydrogen-bond acceptors (Lipinski definition) is 6. The summed E-state index contributed by atoms with van der Waals surface area (Å²) in [6.45, 7) is 1.69. The highest BCUT2D eigenvalue weighted by molar-refractivity contribution is 7.18. The first-order valence-electron chi connectivity index (χ1n) is 7.17. The van der Waals surface area contributed by atoms with E-state index in [0.29, 0.717) is 21.4 Å². The molecule has 0 atom stereocenters. The largest absolute Gasteiger partial charge is 0.465 e. The van der Waals surface area contributed by atoms with E-state index in [0.717, 1.165) is 11.3 Å². The highest BCUT2D eigenvalue weighted by atomic mass is 32.1. The molecule has 0 aliphatic heterocycles. The maximum absolute atomic E-state index is 13.0. The molecule has 0 unspecified atom stereocenters. The number of amides is 1. The third-order valence-corrected chi connectivity index (χ3v) is 4.25. The summed E-state index contributed by atoms with van der Waals surface area (Å²) in [7, 11) is 1.29. The lowest BCUT2D eigenvalue weighted by atomic mass is 10.3. The summed E-state index contributed by atoms with van der Waals surface area (Å²) in [5.74, 6) is -0.895. The molecular weight excluding hydrogens is 347 g/mol. The van der Waals surface area contributed by atoms with Crippen molar-refractivity contribution in [2.45, 2.75) is 6.92 Å². The smallest absolute Gasteiger partial charge is 0.348 e. The number of rotatable bonds is 4. The maximum atomic E-state index is 13.0. The second-order valence-electron chi connectivity index (χ2n) is 4.98. The number of nitrogens with one attached hydrogen (secondary N) is 1. The highest BCUT2D eigenvalue weighted by Crippen LogP contribution is 2.23. The number of benzene rings is 1. The predicted molar refractivity (Wildman–Crippen MR) is 89.7 cm³/mol. The number of hydrogen-bond donors (Lipinski definition) is 1. The van der Waals surface area contributed by atoms with Crippen LogP contribution in [0.15, 0.2) is 36.4 Å². The van der Waals surface area contributed by atoms with E-state index in [1.807, 2.05) is 0 Å². The van der Waals surface area contributed by atoms with E-state index in [4.69, 9.17) is 0 Å². The molecule has 3 rings (SSSR count). The van der Waals surface area contributed by atoms with E-state index in [1.165, 1.54) is 23.9 Å². The van der Waals surface area contributed by atoms with Crippen molar-refractivity contribution in [3.05, 3.63) is 58.7 Å². The molecule has 0 fully saturated rings. The fourth-order valence-electron chi connectivity index (χ4n) is 2.10. The van der Waals surface area contributed by atoms with Gasteiger partial charge in [-0.25, -0.2) is 18.9 Å². The zero-order chi connectivity index (χ0) is 18.0. The van der Waals surface area contributed by atoms with Crippen LogP contribution in [0.4, 0.5) is 9.39 Å². The van der Waals surface area contributed by atoms with E-state index in [2.05, 4.69) is 20.1 Å². The number of anilines is 1. The summed E-state index contributed by atoms with van der Waals surface area (Å²) < 4.78 is 19.1. The first-order chi connectivity index (χ1) is 12.0. The van der Waals surface area contributed by atoms with Crippen LogP contribution in [0.1, 0.15) is 26.1 Å². The molecular formula is C16H13FN4O3S. The van der Waals surface area contributed by atoms with Crippen LogP contribution < -0.4 is 5.32 Å². The molecule has 9 heteroatoms. The van der Waals surface area contributed by atoms with E-state index in [9.17, 15) is 14.0 Å². The van der Waals surface area contributed by atoms with E-state index >= 15 is 0 Å². The van der Waals surface area contributed by atoms with Gasteiger partial charge in [0.25, 0.3) is 5.91 Å². The average molecular weight is 360 g/mol. The lowest BCUT2D eigenvalue weighted by Gasteiger charge is -2.01. The van der Waals surface area contributed by atoms with Gasteiger partial charge in [-0.1, -0.05) is 0 Å². The van der Waals surface area contributed by atoms with E-state index in [-0.39, 0.29) is 11.6 Å². The quantitative estimate of drug-likeness (QED) is 0.723. The van der Waals surface area contributed by atoms with Gasteiger partial charge >= 0.3 is 5.97 Å². The molecule has 25 heavy (non-hydrogen) atoms. The molecule has 0 saturated heterocycles. The fourth-order valence-corrected chi connectivity index (χ4v) is 2.92. The van der Waals surface area contributed by atoms with Gasteiger partial charge in [0.15, 0.2) is 0 Å². The third kappa shape index (κ3) is 3.56. The van der Waals surface area contributed by atoms with Crippen LogP contribution in [0, 0.1) is 12.7 Å². The second kappa shape index (κ2) is 6.81. The first-order valence-corrected chi connectivity index (χ1v) is 7.98. The lowest BCUT2D eigenvalue weighted by molar-refractivity contribution is 0.0606. The molecule has 1 amide bonds. The van der Waals surface area contributed by atoms with E-state index < -0.39 is 11.9 Å². The number of thiophene rings is 1. The molecule has 1 aromatic carbocycles. The Morgan fingerprint density at radius 3 is 2.60 bits per heavy atom. The summed E-state index contributed by atoms with van der Waals surface area (Å²) in [5.41, 5.74) is 0.592. The summed E-state index contributed by atoms with van der Waals surface area (Å²) >= 11 is 1.09. The molecule has 2 heterocycles. The minimum Gasteiger partial charge on any atom is -0.465 e. The lowest BCUT2D eigenvalue weighted by Crippen LogP contribution is -2.13. The minimum absolute atomic E-state index is 0.0326. The van der Waals surface area contributed by atoms with Crippen LogP contribution in [0.5, 0.6) is 0 Å². The molecule has 0 spiro atoms. The Kier molecular flexibility index (Phi) is 4.57. The second-order valence-corrected chi connectivity index (χ2v) is 6.06. The first kappa shape index (κ1) is 16.8. The Hall–Kier alpha value is -3.07. The van der Waals surface area contributed by atoms with Gasteiger partial charge in [0.2, 0.25) is 5.82 Å². The van der Waals surface area contributed by atoms with Crippen LogP contribution in [-0.2, 0) is 4.74 Å². The zero-order valence-corrected chi connectivity index (χ0v) is 14.1. The van der Waals surface area contributed by atoms with Crippen LogP contribution >= 0.6 is 11.3 Å². The normalized spacial score (nSPS) is 10.5. The molecule has 0 aliphatic rings. The van der Waals surface area contributed by atoms with Crippen LogP contribution in [0.3, 0.4) is 0 Å². The standard InChI is InChI=1S/C16H13FN4O3S/c1-9-18-14(20-21(9)11-5-3-10(17)4-6-11)15(22)19-13-8-7-12(25-13)16(23)24-2/h3-8H,1-2H3,(H,19,22). The molecule has 1 N–H and O–H groups in total. The topological polar surface area (TPSA) is 86.1 Å². The molecule has 2 aromatic heterocycles. The number of ether oxygens (including phenoxy) is 1. The Morgan fingerprint density at radius 2 is 1.92 bits per heavy atom. The number of carbonyl (C=O) groups is 2. The number of aromatic nitrogens is 3. The van der Waals surface area contributed by atoms with Gasteiger partial charge in [-0.3, -0.25) is 4.79 Å². The monoisotopic (exact) mass is 360 g/mol. The van der Waals surface area contributed by atoms with Gasteiger partial charge in [0.1, 0.15) is 16.5 Å². The molecule has 0 aliphatic carbocycles. The van der Waals surface area contributed by atoms with Crippen molar-refractivity contribution in [3.63, 3.8) is 0 Å². The predicted octanol–water partition coefficient (Wildman–Crippen LogP) is 2.82. The van der Waals surface area contributed by atoms with Crippen molar-refractivity contribution in [2.24, 2.45) is 0 Å². The van der Waals surface area contributed by atoms with Gasteiger partial charge in [-0.05, 0) is 43.3 Å². The van der Waals surface area contributed by atoms with Gasteiger partial charge in [-0.2, -0.15) is 0 Å². The molecule has 7 nitrogen and oxygen atoms in total. The number of carbonyl (C=O) groups excluding carboxylic acids is 2. The van der Waals surface area contributed by atoms with Gasteiger partial charge in [0.05, 0.1) is 17.8 Å². The van der Waals surface area contributed by atoms with Crippen molar-refractivity contribution in [2.75, 3.05) is 12.4 Å². The molecule has 3 aromatic rings. The van der Waals surface area contributed by atoms with Crippen molar-refractivity contribution in [1.29, 1.82) is 0 Å². The van der Waals surface area contributed by atoms with Crippen molar-refractivity contribution >= 4 is 28.2 Å². The Balaban J connectivity index is 1.79. The SMILES string of the molecule is COC(=O)c1ccc(NC(=O)c2nc(C)n(-c3ccc(F)cc3)n2)s1. The summed E-state index contributed by atoms with van der Waals surface area (Å²) in [6, 6.07) is 8.84. The molecule has 0 saturated carbocycles. The molecule has 0 bridgehead atoms. The van der Waals surface area contributed by atoms with Crippen LogP contribution in [0.2, 0.25) is 0 Å². The Morgan fingerprint density at radius 1 is 1.20 bits per heavy atom. The van der Waals surface area contributed by atoms with Gasteiger partial charge in [-0.15, -0.1) is 16.4 Å². The Labute approximate surface area is 146 Å². The van der Waals surface area contributed by atoms with Crippen LogP contribution in [-0.4, -0.2) is 33.8 Å². The Bertz CT molecular complexity index is 933. The van der Waals surface area contributed by atoms with E-state index in [1.54, 1.807) is 31.2 Å². The summed E-state index contributed by atoms with van der Waals surface area (Å²) in [4.78, 5) is 28.2. The van der Waals surface area contributed by atoms with Crippen molar-refractivity contribution < 1.29 is 18.7 Å². The molecule has 0 radical (unpaired) electrons. The zero-order valence-electron chi connectivity index (χ0n) is 13.3. The van der Waals surface area contributed by atoms with Crippen LogP contribution in [0.25, 0.3) is 5.69 Å².